The molecule has 0 fully saturated rings. The Morgan fingerprint density at radius 2 is 1.94 bits per heavy atom. The van der Waals surface area contributed by atoms with E-state index in [2.05, 4.69) is 10.1 Å². The standard InChI is InChI=1S/C13H14N4/c1-17(13-8-4-5-9-15-13)16-10-11-6-2-3-7-12(11)14/h2-10H,14H2,1H3. The van der Waals surface area contributed by atoms with Crippen molar-refractivity contribution in [3.8, 4) is 0 Å². The number of nitrogen functional groups attached to an aromatic ring is 1. The van der Waals surface area contributed by atoms with Gasteiger partial charge in [-0.25, -0.2) is 4.98 Å². The van der Waals surface area contributed by atoms with E-state index in [1.165, 1.54) is 0 Å². The molecular weight excluding hydrogens is 212 g/mol. The first-order valence-corrected chi connectivity index (χ1v) is 5.30. The fourth-order valence-electron chi connectivity index (χ4n) is 1.38. The Balaban J connectivity index is 2.14. The maximum atomic E-state index is 5.82. The van der Waals surface area contributed by atoms with Gasteiger partial charge in [0.1, 0.15) is 5.82 Å². The molecule has 0 amide bonds. The van der Waals surface area contributed by atoms with Gasteiger partial charge >= 0.3 is 0 Å². The lowest BCUT2D eigenvalue weighted by Gasteiger charge is -2.10. The maximum absolute atomic E-state index is 5.82. The van der Waals surface area contributed by atoms with Crippen molar-refractivity contribution in [2.75, 3.05) is 17.8 Å². The SMILES string of the molecule is CN(N=Cc1ccccc1N)c1ccccn1. The van der Waals surface area contributed by atoms with Gasteiger partial charge in [0.15, 0.2) is 0 Å². The van der Waals surface area contributed by atoms with Gasteiger partial charge in [-0.3, -0.25) is 5.01 Å². The fraction of sp³-hybridized carbons (Fsp3) is 0.0769. The molecule has 4 heteroatoms. The summed E-state index contributed by atoms with van der Waals surface area (Å²) in [6.45, 7) is 0. The van der Waals surface area contributed by atoms with E-state index >= 15 is 0 Å². The third kappa shape index (κ3) is 2.81. The van der Waals surface area contributed by atoms with Gasteiger partial charge in [-0.2, -0.15) is 5.10 Å². The molecule has 0 aliphatic carbocycles. The zero-order valence-corrected chi connectivity index (χ0v) is 9.62. The fourth-order valence-corrected chi connectivity index (χ4v) is 1.38. The predicted octanol–water partition coefficient (Wildman–Crippen LogP) is 2.13. The van der Waals surface area contributed by atoms with Crippen molar-refractivity contribution in [3.05, 3.63) is 54.2 Å². The average molecular weight is 226 g/mol. The van der Waals surface area contributed by atoms with E-state index in [0.717, 1.165) is 11.4 Å². The van der Waals surface area contributed by atoms with Crippen LogP contribution in [0.4, 0.5) is 11.5 Å². The molecule has 0 saturated heterocycles. The van der Waals surface area contributed by atoms with Crippen LogP contribution >= 0.6 is 0 Å². The van der Waals surface area contributed by atoms with E-state index in [1.807, 2.05) is 49.5 Å². The molecule has 0 radical (unpaired) electrons. The Hall–Kier alpha value is -2.36. The van der Waals surface area contributed by atoms with Crippen LogP contribution in [0.1, 0.15) is 5.56 Å². The van der Waals surface area contributed by atoms with Crippen molar-refractivity contribution in [1.82, 2.24) is 4.98 Å². The third-order valence-electron chi connectivity index (χ3n) is 2.35. The molecule has 0 bridgehead atoms. The first-order valence-electron chi connectivity index (χ1n) is 5.30. The molecule has 0 aliphatic heterocycles. The quantitative estimate of drug-likeness (QED) is 0.495. The van der Waals surface area contributed by atoms with E-state index in [-0.39, 0.29) is 0 Å². The number of hydrogen-bond acceptors (Lipinski definition) is 4. The van der Waals surface area contributed by atoms with Gasteiger partial charge in [0.25, 0.3) is 0 Å². The molecule has 0 aliphatic rings. The van der Waals surface area contributed by atoms with Crippen LogP contribution in [0, 0.1) is 0 Å². The molecule has 86 valence electrons. The van der Waals surface area contributed by atoms with E-state index in [9.17, 15) is 0 Å². The van der Waals surface area contributed by atoms with Gasteiger partial charge < -0.3 is 5.73 Å². The normalized spacial score (nSPS) is 10.6. The molecule has 0 spiro atoms. The van der Waals surface area contributed by atoms with Crippen molar-refractivity contribution in [1.29, 1.82) is 0 Å². The number of aromatic nitrogens is 1. The van der Waals surface area contributed by atoms with Crippen LogP contribution in [0.25, 0.3) is 0 Å². The molecule has 1 aromatic heterocycles. The lowest BCUT2D eigenvalue weighted by Crippen LogP contribution is -2.10. The highest BCUT2D eigenvalue weighted by Gasteiger charge is 1.98. The molecule has 0 saturated carbocycles. The smallest absolute Gasteiger partial charge is 0.148 e. The second-order valence-corrected chi connectivity index (χ2v) is 3.59. The molecule has 1 aromatic carbocycles. The Bertz CT molecular complexity index is 508. The van der Waals surface area contributed by atoms with Crippen LogP contribution in [0.3, 0.4) is 0 Å². The van der Waals surface area contributed by atoms with Crippen molar-refractivity contribution in [2.24, 2.45) is 5.10 Å². The summed E-state index contributed by atoms with van der Waals surface area (Å²) < 4.78 is 0. The molecule has 2 rings (SSSR count). The number of hydrogen-bond donors (Lipinski definition) is 1. The Labute approximate surface area is 100 Å². The lowest BCUT2D eigenvalue weighted by molar-refractivity contribution is 0.983. The zero-order valence-electron chi connectivity index (χ0n) is 9.62. The Kier molecular flexibility index (Phi) is 3.35. The van der Waals surface area contributed by atoms with Crippen LogP contribution in [0.15, 0.2) is 53.8 Å². The number of rotatable bonds is 3. The second kappa shape index (κ2) is 5.12. The minimum absolute atomic E-state index is 0.714. The molecule has 0 atom stereocenters. The highest BCUT2D eigenvalue weighted by atomic mass is 15.5. The lowest BCUT2D eigenvalue weighted by atomic mass is 10.2. The first-order chi connectivity index (χ1) is 8.27. The van der Waals surface area contributed by atoms with E-state index in [4.69, 9.17) is 5.73 Å². The zero-order chi connectivity index (χ0) is 12.1. The maximum Gasteiger partial charge on any atom is 0.148 e. The number of para-hydroxylation sites is 1. The van der Waals surface area contributed by atoms with E-state index in [1.54, 1.807) is 17.4 Å². The second-order valence-electron chi connectivity index (χ2n) is 3.59. The highest BCUT2D eigenvalue weighted by molar-refractivity contribution is 5.87. The first kappa shape index (κ1) is 11.1. The summed E-state index contributed by atoms with van der Waals surface area (Å²) in [5.74, 6) is 0.790. The van der Waals surface area contributed by atoms with Crippen LogP contribution in [0.5, 0.6) is 0 Å². The highest BCUT2D eigenvalue weighted by Crippen LogP contribution is 2.10. The number of nitrogens with zero attached hydrogens (tertiary/aromatic N) is 3. The summed E-state index contributed by atoms with van der Waals surface area (Å²) in [7, 11) is 1.85. The molecule has 1 heterocycles. The molecule has 4 nitrogen and oxygen atoms in total. The summed E-state index contributed by atoms with van der Waals surface area (Å²) in [5, 5.41) is 5.99. The van der Waals surface area contributed by atoms with E-state index in [0.29, 0.717) is 5.69 Å². The summed E-state index contributed by atoms with van der Waals surface area (Å²) in [6.07, 6.45) is 3.46. The Morgan fingerprint density at radius 3 is 2.65 bits per heavy atom. The summed E-state index contributed by atoms with van der Waals surface area (Å²) in [4.78, 5) is 4.19. The van der Waals surface area contributed by atoms with Gasteiger partial charge in [0, 0.05) is 24.5 Å². The van der Waals surface area contributed by atoms with Gasteiger partial charge in [-0.05, 0) is 18.2 Å². The van der Waals surface area contributed by atoms with Gasteiger partial charge in [-0.15, -0.1) is 0 Å². The third-order valence-corrected chi connectivity index (χ3v) is 2.35. The molecule has 2 aromatic rings. The number of pyridine rings is 1. The van der Waals surface area contributed by atoms with Crippen LogP contribution in [-0.2, 0) is 0 Å². The Morgan fingerprint density at radius 1 is 1.18 bits per heavy atom. The largest absolute Gasteiger partial charge is 0.398 e. The van der Waals surface area contributed by atoms with Gasteiger partial charge in [0.05, 0.1) is 6.21 Å². The number of nitrogens with two attached hydrogens (primary N) is 1. The minimum Gasteiger partial charge on any atom is -0.398 e. The summed E-state index contributed by atoms with van der Waals surface area (Å²) in [6, 6.07) is 13.3. The molecule has 0 unspecified atom stereocenters. The van der Waals surface area contributed by atoms with Gasteiger partial charge in [-0.1, -0.05) is 24.3 Å². The van der Waals surface area contributed by atoms with Crippen molar-refractivity contribution in [3.63, 3.8) is 0 Å². The molecule has 17 heavy (non-hydrogen) atoms. The number of benzene rings is 1. The summed E-state index contributed by atoms with van der Waals surface area (Å²) in [5.41, 5.74) is 7.43. The van der Waals surface area contributed by atoms with Crippen molar-refractivity contribution >= 4 is 17.7 Å². The van der Waals surface area contributed by atoms with Crippen LogP contribution < -0.4 is 10.7 Å². The van der Waals surface area contributed by atoms with Crippen LogP contribution in [0.2, 0.25) is 0 Å². The van der Waals surface area contributed by atoms with Crippen molar-refractivity contribution < 1.29 is 0 Å². The predicted molar refractivity (Wildman–Crippen MR) is 71.1 cm³/mol. The van der Waals surface area contributed by atoms with Crippen LogP contribution in [-0.4, -0.2) is 18.2 Å². The molecule has 2 N–H and O–H groups in total. The number of hydrazone groups is 1. The van der Waals surface area contributed by atoms with Crippen molar-refractivity contribution in [2.45, 2.75) is 0 Å². The van der Waals surface area contributed by atoms with E-state index < -0.39 is 0 Å². The topological polar surface area (TPSA) is 54.5 Å². The molecular formula is C13H14N4. The van der Waals surface area contributed by atoms with Gasteiger partial charge in [0.2, 0.25) is 0 Å². The average Bonchev–Trinajstić information content (AvgIpc) is 2.38. The minimum atomic E-state index is 0.714. The summed E-state index contributed by atoms with van der Waals surface area (Å²) >= 11 is 0. The monoisotopic (exact) mass is 226 g/mol. The number of anilines is 2.